The third-order valence-corrected chi connectivity index (χ3v) is 7.05. The second kappa shape index (κ2) is 7.87. The van der Waals surface area contributed by atoms with E-state index >= 15 is 0 Å². The minimum absolute atomic E-state index is 0.0273. The molecule has 0 bridgehead atoms. The molecule has 0 saturated carbocycles. The van der Waals surface area contributed by atoms with Gasteiger partial charge in [-0.25, -0.2) is 4.79 Å². The van der Waals surface area contributed by atoms with E-state index in [1.165, 1.54) is 18.2 Å². The van der Waals surface area contributed by atoms with Crippen molar-refractivity contribution in [2.45, 2.75) is 31.1 Å². The van der Waals surface area contributed by atoms with Gasteiger partial charge in [0.25, 0.3) is 10.0 Å². The van der Waals surface area contributed by atoms with Crippen LogP contribution in [0, 0.1) is 11.3 Å². The Balaban J connectivity index is 2.01. The lowest BCUT2D eigenvalue weighted by atomic mass is 9.82. The number of para-hydroxylation sites is 1. The van der Waals surface area contributed by atoms with Crippen molar-refractivity contribution in [1.29, 1.82) is 5.26 Å². The summed E-state index contributed by atoms with van der Waals surface area (Å²) in [6, 6.07) is 19.7. The topological polar surface area (TPSA) is 113 Å². The lowest BCUT2D eigenvalue weighted by molar-refractivity contribution is 0.0694. The van der Waals surface area contributed by atoms with Gasteiger partial charge in [0.2, 0.25) is 0 Å². The van der Waals surface area contributed by atoms with Crippen LogP contribution in [0.4, 0.5) is 0 Å². The van der Waals surface area contributed by atoms with Gasteiger partial charge in [0, 0.05) is 10.9 Å². The van der Waals surface area contributed by atoms with Gasteiger partial charge in [-0.3, -0.25) is 0 Å². The highest BCUT2D eigenvalue weighted by Gasteiger charge is 2.27. The predicted octanol–water partition coefficient (Wildman–Crippen LogP) is 4.81. The minimum atomic E-state index is -4.17. The molecular formula is C25H21N3O4S. The molecular weight excluding hydrogens is 438 g/mol. The van der Waals surface area contributed by atoms with Gasteiger partial charge in [-0.2, -0.15) is 22.9 Å². The van der Waals surface area contributed by atoms with Crippen molar-refractivity contribution < 1.29 is 18.3 Å². The summed E-state index contributed by atoms with van der Waals surface area (Å²) in [6.07, 6.45) is 0. The summed E-state index contributed by atoms with van der Waals surface area (Å²) in [7, 11) is -4.17. The average molecular weight is 460 g/mol. The Morgan fingerprint density at radius 2 is 1.70 bits per heavy atom. The van der Waals surface area contributed by atoms with Gasteiger partial charge >= 0.3 is 5.97 Å². The van der Waals surface area contributed by atoms with E-state index < -0.39 is 21.4 Å². The third-order valence-electron chi connectivity index (χ3n) is 5.40. The van der Waals surface area contributed by atoms with Gasteiger partial charge in [-0.1, -0.05) is 57.2 Å². The zero-order valence-corrected chi connectivity index (χ0v) is 19.1. The molecule has 0 fully saturated rings. The molecule has 166 valence electrons. The number of hydrogen-bond acceptors (Lipinski definition) is 5. The molecule has 4 aromatic rings. The maximum absolute atomic E-state index is 13.5. The first-order chi connectivity index (χ1) is 15.6. The summed E-state index contributed by atoms with van der Waals surface area (Å²) in [5, 5.41) is 24.1. The van der Waals surface area contributed by atoms with Crippen molar-refractivity contribution in [3.8, 4) is 17.3 Å². The fourth-order valence-electron chi connectivity index (χ4n) is 3.81. The van der Waals surface area contributed by atoms with Gasteiger partial charge in [0.05, 0.1) is 16.6 Å². The molecule has 1 aromatic heterocycles. The molecule has 0 atom stereocenters. The summed E-state index contributed by atoms with van der Waals surface area (Å²) in [6.45, 7) is 5.75. The van der Waals surface area contributed by atoms with Crippen LogP contribution in [0.15, 0.2) is 71.6 Å². The summed E-state index contributed by atoms with van der Waals surface area (Å²) in [5.41, 5.74) is 1.74. The van der Waals surface area contributed by atoms with E-state index in [1.807, 2.05) is 26.8 Å². The molecule has 0 aliphatic heterocycles. The highest BCUT2D eigenvalue weighted by Crippen LogP contribution is 2.35. The van der Waals surface area contributed by atoms with E-state index in [1.54, 1.807) is 48.5 Å². The zero-order valence-electron chi connectivity index (χ0n) is 18.3. The predicted molar refractivity (Wildman–Crippen MR) is 125 cm³/mol. The highest BCUT2D eigenvalue weighted by atomic mass is 32.2. The van der Waals surface area contributed by atoms with E-state index in [9.17, 15) is 23.6 Å². The van der Waals surface area contributed by atoms with Crippen LogP contribution >= 0.6 is 0 Å². The van der Waals surface area contributed by atoms with E-state index in [-0.39, 0.29) is 16.0 Å². The molecule has 0 aliphatic carbocycles. The molecule has 0 amide bonds. The monoisotopic (exact) mass is 459 g/mol. The quantitative estimate of drug-likeness (QED) is 0.469. The fraction of sp³-hybridized carbons (Fsp3) is 0.160. The Labute approximate surface area is 191 Å². The van der Waals surface area contributed by atoms with E-state index in [4.69, 9.17) is 0 Å². The molecule has 33 heavy (non-hydrogen) atoms. The first-order valence-corrected chi connectivity index (χ1v) is 11.6. The second-order valence-corrected chi connectivity index (χ2v) is 10.4. The molecule has 7 nitrogen and oxygen atoms in total. The summed E-state index contributed by atoms with van der Waals surface area (Å²) >= 11 is 0. The van der Waals surface area contributed by atoms with Crippen molar-refractivity contribution >= 4 is 26.9 Å². The molecule has 0 radical (unpaired) electrons. The Morgan fingerprint density at radius 3 is 2.36 bits per heavy atom. The van der Waals surface area contributed by atoms with Crippen molar-refractivity contribution in [2.24, 2.45) is 0 Å². The maximum Gasteiger partial charge on any atom is 0.335 e. The number of nitriles is 1. The molecule has 1 heterocycles. The van der Waals surface area contributed by atoms with Crippen LogP contribution in [0.2, 0.25) is 0 Å². The summed E-state index contributed by atoms with van der Waals surface area (Å²) in [4.78, 5) is 11.6. The lowest BCUT2D eigenvalue weighted by Gasteiger charge is -2.22. The van der Waals surface area contributed by atoms with Gasteiger partial charge in [0.1, 0.15) is 16.7 Å². The fourth-order valence-corrected chi connectivity index (χ4v) is 5.25. The van der Waals surface area contributed by atoms with Gasteiger partial charge in [-0.05, 0) is 41.3 Å². The van der Waals surface area contributed by atoms with E-state index in [0.29, 0.717) is 27.7 Å². The normalized spacial score (nSPS) is 11.9. The zero-order chi connectivity index (χ0) is 24.0. The van der Waals surface area contributed by atoms with Gasteiger partial charge < -0.3 is 5.11 Å². The summed E-state index contributed by atoms with van der Waals surface area (Å²) in [5.74, 6) is -1.03. The first kappa shape index (κ1) is 22.2. The molecule has 0 unspecified atom stereocenters. The van der Waals surface area contributed by atoms with Crippen molar-refractivity contribution in [1.82, 2.24) is 9.19 Å². The SMILES string of the molecule is CC(C)(C)c1cc(-c2nn(S(=O)(=O)c3ccccc3C#N)c3ccccc23)ccc1C(=O)O. The number of carboxylic acids is 1. The number of aromatic carboxylic acids is 1. The number of carbonyl (C=O) groups is 1. The highest BCUT2D eigenvalue weighted by molar-refractivity contribution is 7.90. The summed E-state index contributed by atoms with van der Waals surface area (Å²) < 4.78 is 28.0. The lowest BCUT2D eigenvalue weighted by Crippen LogP contribution is -2.17. The Hall–Kier alpha value is -3.96. The first-order valence-electron chi connectivity index (χ1n) is 10.2. The van der Waals surface area contributed by atoms with Gasteiger partial charge in [0.15, 0.2) is 0 Å². The second-order valence-electron chi connectivity index (χ2n) is 8.64. The largest absolute Gasteiger partial charge is 0.478 e. The van der Waals surface area contributed by atoms with Crippen molar-refractivity contribution in [3.63, 3.8) is 0 Å². The Bertz CT molecular complexity index is 1550. The van der Waals surface area contributed by atoms with Crippen molar-refractivity contribution in [2.75, 3.05) is 0 Å². The van der Waals surface area contributed by atoms with E-state index in [0.717, 1.165) is 4.09 Å². The molecule has 4 rings (SSSR count). The Morgan fingerprint density at radius 1 is 1.03 bits per heavy atom. The van der Waals surface area contributed by atoms with Crippen LogP contribution in [0.3, 0.4) is 0 Å². The number of fused-ring (bicyclic) bond motifs is 1. The molecule has 0 aliphatic rings. The standard InChI is InChI=1S/C25H21N3O4S/c1-25(2,3)20-14-16(12-13-18(20)24(29)30)23-19-9-5-6-10-21(19)28(27-23)33(31,32)22-11-7-4-8-17(22)15-26/h4-14H,1-3H3,(H,29,30). The molecule has 1 N–H and O–H groups in total. The van der Waals surface area contributed by atoms with Crippen molar-refractivity contribution in [3.05, 3.63) is 83.4 Å². The van der Waals surface area contributed by atoms with Crippen LogP contribution in [0.5, 0.6) is 0 Å². The molecule has 0 saturated heterocycles. The van der Waals surface area contributed by atoms with Gasteiger partial charge in [-0.15, -0.1) is 0 Å². The number of benzene rings is 3. The molecule has 8 heteroatoms. The Kier molecular flexibility index (Phi) is 5.30. The number of nitrogens with zero attached hydrogens (tertiary/aromatic N) is 3. The smallest absolute Gasteiger partial charge is 0.335 e. The third kappa shape index (κ3) is 3.77. The average Bonchev–Trinajstić information content (AvgIpc) is 3.18. The van der Waals surface area contributed by atoms with Crippen LogP contribution < -0.4 is 0 Å². The van der Waals surface area contributed by atoms with Crippen LogP contribution in [-0.4, -0.2) is 28.7 Å². The number of hydrogen-bond donors (Lipinski definition) is 1. The number of aromatic nitrogens is 2. The maximum atomic E-state index is 13.5. The van der Waals surface area contributed by atoms with Crippen LogP contribution in [0.1, 0.15) is 42.3 Å². The number of carboxylic acid groups (broad SMARTS) is 1. The van der Waals surface area contributed by atoms with Crippen LogP contribution in [0.25, 0.3) is 22.2 Å². The minimum Gasteiger partial charge on any atom is -0.478 e. The molecule has 0 spiro atoms. The number of rotatable bonds is 4. The molecule has 3 aromatic carbocycles. The van der Waals surface area contributed by atoms with Crippen LogP contribution in [-0.2, 0) is 15.4 Å². The van der Waals surface area contributed by atoms with E-state index in [2.05, 4.69) is 5.10 Å².